The number of carbonyl (C=O) groups is 2. The molecule has 0 fully saturated rings. The van der Waals surface area contributed by atoms with Crippen LogP contribution in [0.2, 0.25) is 0 Å². The number of carboxylic acids is 1. The first-order chi connectivity index (χ1) is 9.79. The molecular formula is C13H14N2O5S. The quantitative estimate of drug-likeness (QED) is 0.664. The summed E-state index contributed by atoms with van der Waals surface area (Å²) in [4.78, 5) is 21.7. The molecule has 0 saturated heterocycles. The molecule has 4 N–H and O–H groups in total. The molecule has 0 unspecified atom stereocenters. The van der Waals surface area contributed by atoms with Crippen molar-refractivity contribution in [2.75, 3.05) is 0 Å². The lowest BCUT2D eigenvalue weighted by Gasteiger charge is -2.12. The van der Waals surface area contributed by atoms with Crippen molar-refractivity contribution >= 4 is 21.9 Å². The molecule has 1 aromatic rings. The van der Waals surface area contributed by atoms with E-state index in [4.69, 9.17) is 10.8 Å². The van der Waals surface area contributed by atoms with Crippen LogP contribution >= 0.6 is 0 Å². The van der Waals surface area contributed by atoms with Gasteiger partial charge >= 0.3 is 5.97 Å². The number of amides is 1. The Balaban J connectivity index is 2.11. The van der Waals surface area contributed by atoms with E-state index < -0.39 is 33.9 Å². The predicted octanol–water partition coefficient (Wildman–Crippen LogP) is 0.0931. The van der Waals surface area contributed by atoms with Crippen LogP contribution < -0.4 is 10.5 Å². The number of nitrogens with one attached hydrogen (secondary N) is 1. The molecule has 0 saturated carbocycles. The predicted molar refractivity (Wildman–Crippen MR) is 74.0 cm³/mol. The zero-order valence-electron chi connectivity index (χ0n) is 10.9. The summed E-state index contributed by atoms with van der Waals surface area (Å²) < 4.78 is 26.7. The van der Waals surface area contributed by atoms with Crippen molar-refractivity contribution in [3.05, 3.63) is 42.0 Å². The fraction of sp³-hybridized carbons (Fsp3) is 0.231. The first kappa shape index (κ1) is 15.2. The van der Waals surface area contributed by atoms with Crippen LogP contribution in [-0.2, 0) is 14.8 Å². The Morgan fingerprint density at radius 1 is 1.19 bits per heavy atom. The van der Waals surface area contributed by atoms with Gasteiger partial charge in [-0.2, -0.15) is 0 Å². The molecule has 0 radical (unpaired) electrons. The summed E-state index contributed by atoms with van der Waals surface area (Å²) in [5.74, 6) is -2.32. The van der Waals surface area contributed by atoms with Gasteiger partial charge in [0.15, 0.2) is 0 Å². The molecule has 112 valence electrons. The van der Waals surface area contributed by atoms with Gasteiger partial charge in [-0.15, -0.1) is 0 Å². The van der Waals surface area contributed by atoms with E-state index in [1.165, 1.54) is 36.4 Å². The van der Waals surface area contributed by atoms with Crippen LogP contribution in [0, 0.1) is 5.92 Å². The molecule has 1 aromatic carbocycles. The first-order valence-corrected chi connectivity index (χ1v) is 7.61. The highest BCUT2D eigenvalue weighted by atomic mass is 32.2. The minimum Gasteiger partial charge on any atom is -0.481 e. The summed E-state index contributed by atoms with van der Waals surface area (Å²) in [6.45, 7) is 0. The number of nitrogens with two attached hydrogens (primary N) is 1. The summed E-state index contributed by atoms with van der Waals surface area (Å²) in [5.41, 5.74) is 5.29. The van der Waals surface area contributed by atoms with Gasteiger partial charge in [-0.05, 0) is 30.7 Å². The lowest BCUT2D eigenvalue weighted by Crippen LogP contribution is -2.33. The third kappa shape index (κ3) is 3.47. The van der Waals surface area contributed by atoms with Gasteiger partial charge < -0.3 is 10.8 Å². The molecule has 1 amide bonds. The van der Waals surface area contributed by atoms with Gasteiger partial charge in [-0.1, -0.05) is 12.2 Å². The highest BCUT2D eigenvalue weighted by Crippen LogP contribution is 2.20. The summed E-state index contributed by atoms with van der Waals surface area (Å²) in [6, 6.07) is 4.63. The second-order valence-corrected chi connectivity index (χ2v) is 6.40. The summed E-state index contributed by atoms with van der Waals surface area (Å²) in [6.07, 6.45) is 3.16. The van der Waals surface area contributed by atoms with E-state index >= 15 is 0 Å². The number of sulfonamides is 1. The Kier molecular flexibility index (Phi) is 4.10. The number of carbonyl (C=O) groups excluding carboxylic acids is 1. The second-order valence-electron chi connectivity index (χ2n) is 4.68. The Hall–Kier alpha value is -2.19. The highest BCUT2D eigenvalue weighted by Gasteiger charge is 2.28. The largest absolute Gasteiger partial charge is 0.481 e. The zero-order valence-corrected chi connectivity index (χ0v) is 11.7. The van der Waals surface area contributed by atoms with E-state index in [0.717, 1.165) is 0 Å². The van der Waals surface area contributed by atoms with Crippen molar-refractivity contribution in [2.24, 2.45) is 11.7 Å². The first-order valence-electron chi connectivity index (χ1n) is 6.13. The molecule has 0 aromatic heterocycles. The number of primary amides is 1. The number of hydrogen-bond donors (Lipinski definition) is 3. The van der Waals surface area contributed by atoms with E-state index in [-0.39, 0.29) is 16.9 Å². The monoisotopic (exact) mass is 310 g/mol. The number of benzene rings is 1. The molecule has 2 rings (SSSR count). The van der Waals surface area contributed by atoms with E-state index in [0.29, 0.717) is 0 Å². The molecule has 0 aliphatic heterocycles. The smallest absolute Gasteiger partial charge is 0.310 e. The Morgan fingerprint density at radius 2 is 1.81 bits per heavy atom. The Labute approximate surface area is 121 Å². The minimum atomic E-state index is -3.78. The van der Waals surface area contributed by atoms with Gasteiger partial charge in [0.2, 0.25) is 15.9 Å². The van der Waals surface area contributed by atoms with Crippen molar-refractivity contribution < 1.29 is 23.1 Å². The number of rotatable bonds is 5. The fourth-order valence-corrected chi connectivity index (χ4v) is 3.24. The van der Waals surface area contributed by atoms with Crippen molar-refractivity contribution in [3.8, 4) is 0 Å². The van der Waals surface area contributed by atoms with E-state index in [9.17, 15) is 18.0 Å². The SMILES string of the molecule is NC(=O)c1ccc(S(=O)(=O)N[C@H]2C=C[C@H](C(=O)O)C2)cc1. The molecule has 1 aliphatic rings. The van der Waals surface area contributed by atoms with E-state index in [1.54, 1.807) is 0 Å². The van der Waals surface area contributed by atoms with Crippen LogP contribution in [-0.4, -0.2) is 31.4 Å². The molecule has 0 heterocycles. The fourth-order valence-electron chi connectivity index (χ4n) is 2.04. The summed E-state index contributed by atoms with van der Waals surface area (Å²) >= 11 is 0. The third-order valence-electron chi connectivity index (χ3n) is 3.16. The molecule has 7 nitrogen and oxygen atoms in total. The van der Waals surface area contributed by atoms with Crippen molar-refractivity contribution in [2.45, 2.75) is 17.4 Å². The maximum Gasteiger partial charge on any atom is 0.310 e. The van der Waals surface area contributed by atoms with Crippen LogP contribution in [0.5, 0.6) is 0 Å². The van der Waals surface area contributed by atoms with Crippen LogP contribution in [0.4, 0.5) is 0 Å². The topological polar surface area (TPSA) is 127 Å². The van der Waals surface area contributed by atoms with Gasteiger partial charge in [0.25, 0.3) is 0 Å². The van der Waals surface area contributed by atoms with Crippen molar-refractivity contribution in [1.82, 2.24) is 4.72 Å². The lowest BCUT2D eigenvalue weighted by molar-refractivity contribution is -0.140. The average Bonchev–Trinajstić information content (AvgIpc) is 2.87. The van der Waals surface area contributed by atoms with Gasteiger partial charge in [-0.25, -0.2) is 13.1 Å². The molecule has 2 atom stereocenters. The summed E-state index contributed by atoms with van der Waals surface area (Å²) in [7, 11) is -3.78. The maximum absolute atomic E-state index is 12.1. The Bertz CT molecular complexity index is 694. The van der Waals surface area contributed by atoms with Gasteiger partial charge in [0.05, 0.1) is 10.8 Å². The van der Waals surface area contributed by atoms with E-state index in [1.807, 2.05) is 0 Å². The van der Waals surface area contributed by atoms with Crippen LogP contribution in [0.25, 0.3) is 0 Å². The highest BCUT2D eigenvalue weighted by molar-refractivity contribution is 7.89. The molecule has 8 heteroatoms. The maximum atomic E-state index is 12.1. The molecular weight excluding hydrogens is 296 g/mol. The van der Waals surface area contributed by atoms with Gasteiger partial charge in [0, 0.05) is 11.6 Å². The van der Waals surface area contributed by atoms with Crippen LogP contribution in [0.3, 0.4) is 0 Å². The standard InChI is InChI=1S/C13H14N2O5S/c14-12(16)8-2-5-11(6-3-8)21(19,20)15-10-4-1-9(7-10)13(17)18/h1-6,9-10,15H,7H2,(H2,14,16)(H,17,18)/t9-,10-/m0/s1. The average molecular weight is 310 g/mol. The molecule has 0 spiro atoms. The molecule has 0 bridgehead atoms. The molecule has 21 heavy (non-hydrogen) atoms. The van der Waals surface area contributed by atoms with E-state index in [2.05, 4.69) is 4.72 Å². The van der Waals surface area contributed by atoms with Gasteiger partial charge in [-0.3, -0.25) is 9.59 Å². The van der Waals surface area contributed by atoms with Crippen molar-refractivity contribution in [1.29, 1.82) is 0 Å². The van der Waals surface area contributed by atoms with Gasteiger partial charge in [0.1, 0.15) is 0 Å². The number of hydrogen-bond acceptors (Lipinski definition) is 4. The van der Waals surface area contributed by atoms with Crippen molar-refractivity contribution in [3.63, 3.8) is 0 Å². The second kappa shape index (κ2) is 5.66. The van der Waals surface area contributed by atoms with Crippen LogP contribution in [0.1, 0.15) is 16.8 Å². The van der Waals surface area contributed by atoms with Crippen LogP contribution in [0.15, 0.2) is 41.3 Å². The normalized spacial score (nSPS) is 21.3. The minimum absolute atomic E-state index is 0.0142. The number of carboxylic acid groups (broad SMARTS) is 1. The third-order valence-corrected chi connectivity index (χ3v) is 4.66. The zero-order chi connectivity index (χ0) is 15.6. The lowest BCUT2D eigenvalue weighted by atomic mass is 10.1. The summed E-state index contributed by atoms with van der Waals surface area (Å²) in [5, 5.41) is 8.86. The number of aliphatic carboxylic acids is 1. The molecule has 1 aliphatic carbocycles. The Morgan fingerprint density at radius 3 is 2.29 bits per heavy atom.